The number of ether oxygens (including phenoxy) is 1. The van der Waals surface area contributed by atoms with E-state index in [0.717, 1.165) is 0 Å². The molecule has 0 saturated heterocycles. The van der Waals surface area contributed by atoms with Gasteiger partial charge in [0.2, 0.25) is 0 Å². The quantitative estimate of drug-likeness (QED) is 0.269. The van der Waals surface area contributed by atoms with Crippen molar-refractivity contribution in [3.05, 3.63) is 0 Å². The van der Waals surface area contributed by atoms with Crippen LogP contribution in [0.4, 0.5) is 0 Å². The summed E-state index contributed by atoms with van der Waals surface area (Å²) in [6.07, 6.45) is -0.465. The van der Waals surface area contributed by atoms with Crippen LogP contribution in [0.25, 0.3) is 0 Å². The number of carbonyl (C=O) groups is 3. The van der Waals surface area contributed by atoms with Crippen molar-refractivity contribution in [2.45, 2.75) is 25.7 Å². The number of carbonyl (C=O) groups excluding carboxylic acids is 2. The summed E-state index contributed by atoms with van der Waals surface area (Å²) < 4.78 is 4.55. The molecule has 1 N–H and O–H groups in total. The van der Waals surface area contributed by atoms with Gasteiger partial charge in [0.05, 0.1) is 13.0 Å². The molecule has 0 aromatic heterocycles. The van der Waals surface area contributed by atoms with E-state index in [4.69, 9.17) is 5.11 Å². The fourth-order valence-corrected chi connectivity index (χ4v) is 0.686. The Hall–Kier alpha value is -0.590. The molecule has 0 heterocycles. The van der Waals surface area contributed by atoms with E-state index in [1.807, 2.05) is 0 Å². The molecule has 0 atom stereocenters. The smallest absolute Gasteiger partial charge is 0.550 e. The van der Waals surface area contributed by atoms with Crippen molar-refractivity contribution in [2.75, 3.05) is 6.61 Å². The van der Waals surface area contributed by atoms with Crippen molar-refractivity contribution < 1.29 is 58.9 Å². The van der Waals surface area contributed by atoms with Gasteiger partial charge in [-0.15, -0.1) is 0 Å². The van der Waals surface area contributed by atoms with Gasteiger partial charge in [0.1, 0.15) is 0 Å². The fraction of sp³-hybridized carbons (Fsp3) is 0.625. The van der Waals surface area contributed by atoms with E-state index in [1.165, 1.54) is 0 Å². The van der Waals surface area contributed by atoms with Gasteiger partial charge < -0.3 is 19.7 Å². The molecule has 80 valence electrons. The topological polar surface area (TPSA) is 104 Å². The van der Waals surface area contributed by atoms with E-state index in [2.05, 4.69) is 4.74 Å². The SMILES string of the molecule is O=C([O-])CCC(=O)OCCCC(=O)O.[Na+]. The summed E-state index contributed by atoms with van der Waals surface area (Å²) in [5.74, 6) is -2.93. The van der Waals surface area contributed by atoms with Crippen LogP contribution >= 0.6 is 0 Å². The molecule has 0 aliphatic heterocycles. The van der Waals surface area contributed by atoms with Crippen LogP contribution in [0.3, 0.4) is 0 Å². The Morgan fingerprint density at radius 2 is 1.73 bits per heavy atom. The molecule has 0 aromatic carbocycles. The van der Waals surface area contributed by atoms with Crippen LogP contribution in [0.2, 0.25) is 0 Å². The molecule has 0 aliphatic carbocycles. The molecule has 0 bridgehead atoms. The zero-order valence-electron chi connectivity index (χ0n) is 8.52. The first-order valence-electron chi connectivity index (χ1n) is 4.09. The Morgan fingerprint density at radius 1 is 1.13 bits per heavy atom. The molecule has 0 saturated carbocycles. The van der Waals surface area contributed by atoms with Crippen LogP contribution < -0.4 is 34.7 Å². The van der Waals surface area contributed by atoms with Crippen LogP contribution in [-0.4, -0.2) is 29.6 Å². The van der Waals surface area contributed by atoms with E-state index in [-0.39, 0.29) is 61.8 Å². The molecular weight excluding hydrogens is 215 g/mol. The van der Waals surface area contributed by atoms with Crippen LogP contribution in [0, 0.1) is 0 Å². The van der Waals surface area contributed by atoms with Gasteiger partial charge in [0.15, 0.2) is 0 Å². The van der Waals surface area contributed by atoms with Gasteiger partial charge in [0.25, 0.3) is 0 Å². The molecule has 6 nitrogen and oxygen atoms in total. The Balaban J connectivity index is 0. The van der Waals surface area contributed by atoms with Crippen molar-refractivity contribution in [3.8, 4) is 0 Å². The standard InChI is InChI=1S/C8H12O6.Na/c9-6(10)2-1-5-14-8(13)4-3-7(11)12;/h1-5H2,(H,9,10)(H,11,12);/q;+1/p-1. The maximum absolute atomic E-state index is 10.7. The number of esters is 1. The van der Waals surface area contributed by atoms with E-state index in [0.29, 0.717) is 0 Å². The Kier molecular flexibility index (Phi) is 11.2. The molecule has 0 amide bonds. The molecular formula is C8H11NaO6. The van der Waals surface area contributed by atoms with Crippen LogP contribution in [0.15, 0.2) is 0 Å². The predicted molar refractivity (Wildman–Crippen MR) is 42.1 cm³/mol. The second kappa shape index (κ2) is 9.95. The van der Waals surface area contributed by atoms with E-state index < -0.39 is 17.9 Å². The number of hydrogen-bond donors (Lipinski definition) is 1. The molecule has 0 unspecified atom stereocenters. The fourth-order valence-electron chi connectivity index (χ4n) is 0.686. The summed E-state index contributed by atoms with van der Waals surface area (Å²) in [6, 6.07) is 0. The van der Waals surface area contributed by atoms with Gasteiger partial charge in [-0.05, 0) is 12.8 Å². The number of carboxylic acids is 2. The first kappa shape index (κ1) is 16.8. The van der Waals surface area contributed by atoms with Gasteiger partial charge >= 0.3 is 41.5 Å². The zero-order chi connectivity index (χ0) is 11.0. The Bertz CT molecular complexity index is 227. The van der Waals surface area contributed by atoms with Crippen molar-refractivity contribution in [1.82, 2.24) is 0 Å². The minimum Gasteiger partial charge on any atom is -0.550 e. The zero-order valence-corrected chi connectivity index (χ0v) is 10.5. The van der Waals surface area contributed by atoms with E-state index in [9.17, 15) is 19.5 Å². The maximum Gasteiger partial charge on any atom is 1.00 e. The Labute approximate surface area is 109 Å². The van der Waals surface area contributed by atoms with Crippen LogP contribution in [-0.2, 0) is 19.1 Å². The first-order chi connectivity index (χ1) is 6.52. The number of hydrogen-bond acceptors (Lipinski definition) is 5. The summed E-state index contributed by atoms with van der Waals surface area (Å²) in [5.41, 5.74) is 0. The third-order valence-corrected chi connectivity index (χ3v) is 1.33. The average molecular weight is 226 g/mol. The Morgan fingerprint density at radius 3 is 2.20 bits per heavy atom. The number of carboxylic acid groups (broad SMARTS) is 2. The van der Waals surface area contributed by atoms with Gasteiger partial charge in [0, 0.05) is 12.4 Å². The number of aliphatic carboxylic acids is 2. The molecule has 0 fully saturated rings. The van der Waals surface area contributed by atoms with Crippen LogP contribution in [0.1, 0.15) is 25.7 Å². The second-order valence-corrected chi connectivity index (χ2v) is 2.59. The molecule has 7 heteroatoms. The molecule has 0 radical (unpaired) electrons. The van der Waals surface area contributed by atoms with Crippen LogP contribution in [0.5, 0.6) is 0 Å². The summed E-state index contributed by atoms with van der Waals surface area (Å²) >= 11 is 0. The predicted octanol–water partition coefficient (Wildman–Crippen LogP) is -4.07. The maximum atomic E-state index is 10.7. The normalized spacial score (nSPS) is 8.80. The summed E-state index contributed by atoms with van der Waals surface area (Å²) in [5, 5.41) is 18.2. The van der Waals surface area contributed by atoms with Gasteiger partial charge in [-0.2, -0.15) is 0 Å². The first-order valence-corrected chi connectivity index (χ1v) is 4.09. The minimum absolute atomic E-state index is 0. The van der Waals surface area contributed by atoms with Crippen molar-refractivity contribution in [1.29, 1.82) is 0 Å². The largest absolute Gasteiger partial charge is 1.00 e. The van der Waals surface area contributed by atoms with Crippen molar-refractivity contribution in [3.63, 3.8) is 0 Å². The molecule has 0 spiro atoms. The summed E-state index contributed by atoms with van der Waals surface area (Å²) in [4.78, 5) is 30.7. The second-order valence-electron chi connectivity index (χ2n) is 2.59. The van der Waals surface area contributed by atoms with E-state index >= 15 is 0 Å². The molecule has 0 aromatic rings. The molecule has 0 aliphatic rings. The summed E-state index contributed by atoms with van der Waals surface area (Å²) in [6.45, 7) is -0.00180. The molecule has 15 heavy (non-hydrogen) atoms. The van der Waals surface area contributed by atoms with Gasteiger partial charge in [-0.1, -0.05) is 0 Å². The minimum atomic E-state index is -1.31. The number of rotatable bonds is 7. The summed E-state index contributed by atoms with van der Waals surface area (Å²) in [7, 11) is 0. The third-order valence-electron chi connectivity index (χ3n) is 1.33. The average Bonchev–Trinajstić information content (AvgIpc) is 2.08. The van der Waals surface area contributed by atoms with E-state index in [1.54, 1.807) is 0 Å². The van der Waals surface area contributed by atoms with Crippen molar-refractivity contribution >= 4 is 17.9 Å². The monoisotopic (exact) mass is 226 g/mol. The van der Waals surface area contributed by atoms with Gasteiger partial charge in [-0.25, -0.2) is 0 Å². The van der Waals surface area contributed by atoms with Gasteiger partial charge in [-0.3, -0.25) is 9.59 Å². The van der Waals surface area contributed by atoms with Crippen molar-refractivity contribution in [2.24, 2.45) is 0 Å². The third kappa shape index (κ3) is 13.4. The molecule has 0 rings (SSSR count).